The summed E-state index contributed by atoms with van der Waals surface area (Å²) >= 11 is 0. The summed E-state index contributed by atoms with van der Waals surface area (Å²) in [5.41, 5.74) is 0.317. The first-order valence-electron chi connectivity index (χ1n) is 11.4. The summed E-state index contributed by atoms with van der Waals surface area (Å²) in [6, 6.07) is 19.2. The molecule has 0 atom stereocenters. The summed E-state index contributed by atoms with van der Waals surface area (Å²) in [5.74, 6) is 0.610. The van der Waals surface area contributed by atoms with Crippen molar-refractivity contribution in [2.75, 3.05) is 6.61 Å². The second kappa shape index (κ2) is 9.99. The Balaban J connectivity index is 1.89. The van der Waals surface area contributed by atoms with Crippen molar-refractivity contribution in [1.29, 1.82) is 0 Å². The minimum atomic E-state index is -0.680. The number of hydrogen-bond donors (Lipinski definition) is 0. The highest BCUT2D eigenvalue weighted by atomic mass is 16.6. The fraction of sp³-hybridized carbons (Fsp3) is 0.222. The first-order valence-corrected chi connectivity index (χ1v) is 11.4. The van der Waals surface area contributed by atoms with Gasteiger partial charge in [0, 0.05) is 17.2 Å². The second-order valence-electron chi connectivity index (χ2n) is 8.95. The zero-order valence-corrected chi connectivity index (χ0v) is 20.5. The minimum Gasteiger partial charge on any atom is -0.490 e. The molecular weight excluding hydrogens is 460 g/mol. The normalized spacial score (nSPS) is 11.7. The van der Waals surface area contributed by atoms with Crippen LogP contribution in [0.3, 0.4) is 0 Å². The van der Waals surface area contributed by atoms with E-state index in [0.29, 0.717) is 27.9 Å². The molecule has 9 heteroatoms. The SMILES string of the molecule is CCOc1cc(C=Nn2c(-c3ccccc3)nc3ccccc3c2=O)cc([N+](=O)[O-])c1OC(C)(C)C. The molecule has 36 heavy (non-hydrogen) atoms. The number of nitro groups is 1. The summed E-state index contributed by atoms with van der Waals surface area (Å²) in [4.78, 5) is 29.4. The first-order chi connectivity index (χ1) is 17.2. The average Bonchev–Trinajstić information content (AvgIpc) is 2.84. The number of benzene rings is 3. The molecule has 0 fully saturated rings. The van der Waals surface area contributed by atoms with Gasteiger partial charge in [-0.15, -0.1) is 0 Å². The van der Waals surface area contributed by atoms with Gasteiger partial charge in [0.2, 0.25) is 5.75 Å². The van der Waals surface area contributed by atoms with Crippen LogP contribution in [0.2, 0.25) is 0 Å². The Hall–Kier alpha value is -4.53. The molecule has 4 aromatic rings. The van der Waals surface area contributed by atoms with Gasteiger partial charge >= 0.3 is 5.69 Å². The van der Waals surface area contributed by atoms with E-state index in [1.165, 1.54) is 17.0 Å². The number of fused-ring (bicyclic) bond motifs is 1. The zero-order valence-electron chi connectivity index (χ0n) is 20.5. The Morgan fingerprint density at radius 2 is 1.78 bits per heavy atom. The lowest BCUT2D eigenvalue weighted by Crippen LogP contribution is -2.24. The van der Waals surface area contributed by atoms with Gasteiger partial charge in [0.25, 0.3) is 5.56 Å². The van der Waals surface area contributed by atoms with Crippen LogP contribution in [0.5, 0.6) is 11.5 Å². The Labute approximate surface area is 207 Å². The van der Waals surface area contributed by atoms with Gasteiger partial charge in [-0.2, -0.15) is 9.78 Å². The van der Waals surface area contributed by atoms with Crippen LogP contribution < -0.4 is 15.0 Å². The van der Waals surface area contributed by atoms with Crippen molar-refractivity contribution in [1.82, 2.24) is 9.66 Å². The highest BCUT2D eigenvalue weighted by Crippen LogP contribution is 2.40. The van der Waals surface area contributed by atoms with E-state index in [-0.39, 0.29) is 29.4 Å². The molecule has 184 valence electrons. The molecule has 1 heterocycles. The Kier molecular flexibility index (Phi) is 6.82. The summed E-state index contributed by atoms with van der Waals surface area (Å²) in [7, 11) is 0. The van der Waals surface area contributed by atoms with Crippen LogP contribution in [-0.2, 0) is 0 Å². The summed E-state index contributed by atoms with van der Waals surface area (Å²) in [6.45, 7) is 7.45. The Morgan fingerprint density at radius 1 is 1.08 bits per heavy atom. The number of rotatable bonds is 7. The lowest BCUT2D eigenvalue weighted by atomic mass is 10.1. The summed E-state index contributed by atoms with van der Waals surface area (Å²) in [5, 5.41) is 16.7. The van der Waals surface area contributed by atoms with E-state index in [2.05, 4.69) is 10.1 Å². The lowest BCUT2D eigenvalue weighted by Gasteiger charge is -2.23. The zero-order chi connectivity index (χ0) is 25.9. The molecule has 1 aromatic heterocycles. The number of ether oxygens (including phenoxy) is 2. The van der Waals surface area contributed by atoms with Crippen LogP contribution in [0.1, 0.15) is 33.3 Å². The van der Waals surface area contributed by atoms with Gasteiger partial charge in [0.05, 0.1) is 28.6 Å². The second-order valence-corrected chi connectivity index (χ2v) is 8.95. The van der Waals surface area contributed by atoms with Crippen molar-refractivity contribution in [2.45, 2.75) is 33.3 Å². The molecule has 0 unspecified atom stereocenters. The Morgan fingerprint density at radius 3 is 2.44 bits per heavy atom. The molecule has 4 rings (SSSR count). The molecule has 0 amide bonds. The first kappa shape index (κ1) is 24.6. The van der Waals surface area contributed by atoms with E-state index in [9.17, 15) is 14.9 Å². The van der Waals surface area contributed by atoms with E-state index in [4.69, 9.17) is 9.47 Å². The molecule has 0 N–H and O–H groups in total. The third kappa shape index (κ3) is 5.25. The molecule has 9 nitrogen and oxygen atoms in total. The molecule has 0 spiro atoms. The average molecular weight is 487 g/mol. The molecule has 0 aliphatic carbocycles. The van der Waals surface area contributed by atoms with Crippen LogP contribution in [0, 0.1) is 10.1 Å². The molecule has 0 aliphatic rings. The van der Waals surface area contributed by atoms with Gasteiger partial charge in [-0.05, 0) is 45.9 Å². The molecule has 0 bridgehead atoms. The maximum absolute atomic E-state index is 13.4. The number of para-hydroxylation sites is 1. The van der Waals surface area contributed by atoms with E-state index in [0.717, 1.165) is 0 Å². The number of nitro benzene ring substituents is 1. The third-order valence-electron chi connectivity index (χ3n) is 5.07. The number of hydrogen-bond acceptors (Lipinski definition) is 7. The van der Waals surface area contributed by atoms with Gasteiger partial charge in [0.15, 0.2) is 11.6 Å². The quantitative estimate of drug-likeness (QED) is 0.196. The van der Waals surface area contributed by atoms with E-state index >= 15 is 0 Å². The van der Waals surface area contributed by atoms with Crippen LogP contribution in [-0.4, -0.2) is 33.0 Å². The van der Waals surface area contributed by atoms with Crippen LogP contribution in [0.25, 0.3) is 22.3 Å². The largest absolute Gasteiger partial charge is 0.490 e. The number of nitrogens with zero attached hydrogens (tertiary/aromatic N) is 4. The molecule has 0 saturated carbocycles. The predicted molar refractivity (Wildman–Crippen MR) is 139 cm³/mol. The standard InChI is InChI=1S/C27H26N4O5/c1-5-35-23-16-18(15-22(31(33)34)24(23)36-27(2,3)4)17-28-30-25(19-11-7-6-8-12-19)29-21-14-10-9-13-20(21)26(30)32/h6-17H,5H2,1-4H3. The van der Waals surface area contributed by atoms with Crippen molar-refractivity contribution in [2.24, 2.45) is 5.10 Å². The van der Waals surface area contributed by atoms with Crippen LogP contribution in [0.4, 0.5) is 5.69 Å². The van der Waals surface area contributed by atoms with Gasteiger partial charge in [0.1, 0.15) is 5.60 Å². The van der Waals surface area contributed by atoms with Crippen LogP contribution in [0.15, 0.2) is 76.6 Å². The topological polar surface area (TPSA) is 109 Å². The molecule has 0 radical (unpaired) electrons. The van der Waals surface area contributed by atoms with Gasteiger partial charge in [-0.3, -0.25) is 14.9 Å². The summed E-state index contributed by atoms with van der Waals surface area (Å²) < 4.78 is 12.7. The molecule has 0 aliphatic heterocycles. The molecular formula is C27H26N4O5. The van der Waals surface area contributed by atoms with E-state index in [1.54, 1.807) is 52.0 Å². The van der Waals surface area contributed by atoms with E-state index < -0.39 is 10.5 Å². The summed E-state index contributed by atoms with van der Waals surface area (Å²) in [6.07, 6.45) is 1.38. The lowest BCUT2D eigenvalue weighted by molar-refractivity contribution is -0.386. The maximum atomic E-state index is 13.4. The maximum Gasteiger partial charge on any atom is 0.315 e. The number of aromatic nitrogens is 2. The smallest absolute Gasteiger partial charge is 0.315 e. The minimum absolute atomic E-state index is 0.0426. The van der Waals surface area contributed by atoms with Gasteiger partial charge in [-0.1, -0.05) is 42.5 Å². The predicted octanol–water partition coefficient (Wildman–Crippen LogP) is 5.43. The molecule has 3 aromatic carbocycles. The third-order valence-corrected chi connectivity index (χ3v) is 5.07. The van der Waals surface area contributed by atoms with Crippen molar-refractivity contribution in [3.8, 4) is 22.9 Å². The monoisotopic (exact) mass is 486 g/mol. The molecule has 0 saturated heterocycles. The highest BCUT2D eigenvalue weighted by Gasteiger charge is 2.26. The van der Waals surface area contributed by atoms with E-state index in [1.807, 2.05) is 36.4 Å². The fourth-order valence-corrected chi connectivity index (χ4v) is 3.62. The fourth-order valence-electron chi connectivity index (χ4n) is 3.62. The van der Waals surface area contributed by atoms with Crippen molar-refractivity contribution in [3.63, 3.8) is 0 Å². The van der Waals surface area contributed by atoms with Crippen molar-refractivity contribution < 1.29 is 14.4 Å². The highest BCUT2D eigenvalue weighted by molar-refractivity contribution is 5.84. The van der Waals surface area contributed by atoms with Crippen molar-refractivity contribution in [3.05, 3.63) is 92.8 Å². The van der Waals surface area contributed by atoms with Gasteiger partial charge < -0.3 is 9.47 Å². The Bertz CT molecular complexity index is 1500. The van der Waals surface area contributed by atoms with Crippen molar-refractivity contribution >= 4 is 22.8 Å². The van der Waals surface area contributed by atoms with Gasteiger partial charge in [-0.25, -0.2) is 4.98 Å². The van der Waals surface area contributed by atoms with Crippen LogP contribution >= 0.6 is 0 Å².